The van der Waals surface area contributed by atoms with Gasteiger partial charge in [-0.15, -0.1) is 0 Å². The molecule has 0 saturated carbocycles. The molecule has 0 spiro atoms. The topological polar surface area (TPSA) is 92.6 Å². The quantitative estimate of drug-likeness (QED) is 0.874. The summed E-state index contributed by atoms with van der Waals surface area (Å²) >= 11 is 0. The molecular weight excluding hydrogens is 262 g/mol. The molecule has 1 atom stereocenters. The van der Waals surface area contributed by atoms with Gasteiger partial charge < -0.3 is 14.7 Å². The van der Waals surface area contributed by atoms with E-state index in [2.05, 4.69) is 9.97 Å². The molecule has 108 valence electrons. The van der Waals surface area contributed by atoms with Gasteiger partial charge >= 0.3 is 5.97 Å². The maximum absolute atomic E-state index is 12.3. The number of carboxylic acids is 1. The van der Waals surface area contributed by atoms with Gasteiger partial charge in [-0.1, -0.05) is 13.8 Å². The highest BCUT2D eigenvalue weighted by molar-refractivity contribution is 5.92. The van der Waals surface area contributed by atoms with Crippen LogP contribution >= 0.6 is 0 Å². The third-order valence-corrected chi connectivity index (χ3v) is 3.21. The molecule has 1 amide bonds. The van der Waals surface area contributed by atoms with Crippen molar-refractivity contribution in [2.45, 2.75) is 20.0 Å². The Morgan fingerprint density at radius 3 is 2.55 bits per heavy atom. The van der Waals surface area contributed by atoms with Crippen molar-refractivity contribution in [3.8, 4) is 0 Å². The summed E-state index contributed by atoms with van der Waals surface area (Å²) in [7, 11) is 0. The van der Waals surface area contributed by atoms with Crippen molar-refractivity contribution in [2.24, 2.45) is 5.92 Å². The number of carbonyl (C=O) groups is 2. The summed E-state index contributed by atoms with van der Waals surface area (Å²) in [5.74, 6) is -1.09. The van der Waals surface area contributed by atoms with Crippen LogP contribution in [0.15, 0.2) is 12.4 Å². The maximum Gasteiger partial charge on any atom is 0.356 e. The molecule has 1 aromatic heterocycles. The second-order valence-electron chi connectivity index (χ2n) is 5.00. The first-order valence-electron chi connectivity index (χ1n) is 6.45. The fraction of sp³-hybridized carbons (Fsp3) is 0.538. The molecule has 0 aliphatic carbocycles. The van der Waals surface area contributed by atoms with Crippen LogP contribution in [-0.2, 0) is 4.74 Å². The Morgan fingerprint density at radius 2 is 2.00 bits per heavy atom. The van der Waals surface area contributed by atoms with Crippen LogP contribution in [0.3, 0.4) is 0 Å². The van der Waals surface area contributed by atoms with Crippen LogP contribution < -0.4 is 0 Å². The number of hydrogen-bond acceptors (Lipinski definition) is 5. The SMILES string of the molecule is CC(C)C1CN(C(=O)c2cnc(C(=O)O)cn2)CCO1. The highest BCUT2D eigenvalue weighted by Gasteiger charge is 2.27. The molecule has 1 saturated heterocycles. The van der Waals surface area contributed by atoms with Gasteiger partial charge in [0.15, 0.2) is 5.69 Å². The van der Waals surface area contributed by atoms with Crippen LogP contribution in [0.5, 0.6) is 0 Å². The number of aromatic nitrogens is 2. The van der Waals surface area contributed by atoms with Gasteiger partial charge in [0.1, 0.15) is 5.69 Å². The summed E-state index contributed by atoms with van der Waals surface area (Å²) in [5, 5.41) is 8.74. The van der Waals surface area contributed by atoms with E-state index in [1.165, 1.54) is 6.20 Å². The Morgan fingerprint density at radius 1 is 1.35 bits per heavy atom. The van der Waals surface area contributed by atoms with Gasteiger partial charge in [-0.25, -0.2) is 14.8 Å². The van der Waals surface area contributed by atoms with Gasteiger partial charge in [0.05, 0.1) is 25.1 Å². The lowest BCUT2D eigenvalue weighted by Crippen LogP contribution is -2.47. The van der Waals surface area contributed by atoms with E-state index in [1.54, 1.807) is 4.90 Å². The zero-order valence-corrected chi connectivity index (χ0v) is 11.4. The molecule has 1 N–H and O–H groups in total. The number of amides is 1. The summed E-state index contributed by atoms with van der Waals surface area (Å²) in [6.45, 7) is 5.60. The fourth-order valence-corrected chi connectivity index (χ4v) is 1.97. The number of nitrogens with zero attached hydrogens (tertiary/aromatic N) is 3. The molecule has 20 heavy (non-hydrogen) atoms. The van der Waals surface area contributed by atoms with E-state index < -0.39 is 5.97 Å². The average Bonchev–Trinajstić information content (AvgIpc) is 2.46. The monoisotopic (exact) mass is 279 g/mol. The molecule has 1 aliphatic heterocycles. The summed E-state index contributed by atoms with van der Waals surface area (Å²) in [6, 6.07) is 0. The molecule has 7 heteroatoms. The highest BCUT2D eigenvalue weighted by atomic mass is 16.5. The zero-order chi connectivity index (χ0) is 14.7. The number of ether oxygens (including phenoxy) is 1. The minimum absolute atomic E-state index is 0.0129. The van der Waals surface area contributed by atoms with Crippen molar-refractivity contribution in [1.29, 1.82) is 0 Å². The number of rotatable bonds is 3. The molecule has 1 aromatic rings. The number of hydrogen-bond donors (Lipinski definition) is 1. The minimum Gasteiger partial charge on any atom is -0.476 e. The Kier molecular flexibility index (Phi) is 4.29. The molecule has 2 heterocycles. The number of morpholine rings is 1. The van der Waals surface area contributed by atoms with Gasteiger partial charge in [-0.05, 0) is 5.92 Å². The molecule has 2 rings (SSSR count). The summed E-state index contributed by atoms with van der Waals surface area (Å²) in [6.07, 6.45) is 2.31. The van der Waals surface area contributed by atoms with Gasteiger partial charge in [-0.2, -0.15) is 0 Å². The summed E-state index contributed by atoms with van der Waals surface area (Å²) in [4.78, 5) is 32.2. The van der Waals surface area contributed by atoms with Gasteiger partial charge in [-0.3, -0.25) is 4.79 Å². The standard InChI is InChI=1S/C13H17N3O4/c1-8(2)11-7-16(3-4-20-11)12(17)9-5-15-10(6-14-9)13(18)19/h5-6,8,11H,3-4,7H2,1-2H3,(H,18,19). The maximum atomic E-state index is 12.3. The average molecular weight is 279 g/mol. The van der Waals surface area contributed by atoms with Crippen LogP contribution in [0.25, 0.3) is 0 Å². The molecule has 1 aliphatic rings. The van der Waals surface area contributed by atoms with Crippen LogP contribution in [-0.4, -0.2) is 57.7 Å². The largest absolute Gasteiger partial charge is 0.476 e. The predicted molar refractivity (Wildman–Crippen MR) is 69.5 cm³/mol. The first-order chi connectivity index (χ1) is 9.49. The van der Waals surface area contributed by atoms with Crippen molar-refractivity contribution in [2.75, 3.05) is 19.7 Å². The third kappa shape index (κ3) is 3.11. The lowest BCUT2D eigenvalue weighted by atomic mass is 10.1. The van der Waals surface area contributed by atoms with E-state index in [4.69, 9.17) is 9.84 Å². The number of carboxylic acid groups (broad SMARTS) is 1. The lowest BCUT2D eigenvalue weighted by molar-refractivity contribution is -0.0422. The predicted octanol–water partition coefficient (Wildman–Crippen LogP) is 0.672. The van der Waals surface area contributed by atoms with Gasteiger partial charge in [0, 0.05) is 13.1 Å². The van der Waals surface area contributed by atoms with Gasteiger partial charge in [0.25, 0.3) is 5.91 Å². The van der Waals surface area contributed by atoms with E-state index in [-0.39, 0.29) is 23.4 Å². The normalized spacial score (nSPS) is 19.1. The van der Waals surface area contributed by atoms with E-state index in [1.807, 2.05) is 13.8 Å². The minimum atomic E-state index is -1.16. The smallest absolute Gasteiger partial charge is 0.356 e. The van der Waals surface area contributed by atoms with Crippen molar-refractivity contribution >= 4 is 11.9 Å². The highest BCUT2D eigenvalue weighted by Crippen LogP contribution is 2.15. The molecule has 1 fully saturated rings. The van der Waals surface area contributed by atoms with Crippen molar-refractivity contribution in [3.05, 3.63) is 23.8 Å². The number of aromatic carboxylic acids is 1. The Balaban J connectivity index is 2.08. The van der Waals surface area contributed by atoms with Crippen molar-refractivity contribution < 1.29 is 19.4 Å². The van der Waals surface area contributed by atoms with Gasteiger partial charge in [0.2, 0.25) is 0 Å². The second-order valence-corrected chi connectivity index (χ2v) is 5.00. The lowest BCUT2D eigenvalue weighted by Gasteiger charge is -2.34. The van der Waals surface area contributed by atoms with Crippen LogP contribution in [0.1, 0.15) is 34.8 Å². The fourth-order valence-electron chi connectivity index (χ4n) is 1.97. The van der Waals surface area contributed by atoms with E-state index >= 15 is 0 Å². The van der Waals surface area contributed by atoms with E-state index in [0.29, 0.717) is 25.6 Å². The number of carbonyl (C=O) groups excluding carboxylic acids is 1. The van der Waals surface area contributed by atoms with Crippen LogP contribution in [0, 0.1) is 5.92 Å². The molecule has 0 radical (unpaired) electrons. The van der Waals surface area contributed by atoms with Crippen LogP contribution in [0.2, 0.25) is 0 Å². The Bertz CT molecular complexity index is 501. The summed E-state index contributed by atoms with van der Waals surface area (Å²) in [5.41, 5.74) is -0.0250. The molecule has 0 bridgehead atoms. The first-order valence-corrected chi connectivity index (χ1v) is 6.45. The molecule has 1 unspecified atom stereocenters. The summed E-state index contributed by atoms with van der Waals surface area (Å²) < 4.78 is 5.60. The zero-order valence-electron chi connectivity index (χ0n) is 11.4. The van der Waals surface area contributed by atoms with Crippen LogP contribution in [0.4, 0.5) is 0 Å². The third-order valence-electron chi connectivity index (χ3n) is 3.21. The van der Waals surface area contributed by atoms with E-state index in [0.717, 1.165) is 6.20 Å². The van der Waals surface area contributed by atoms with E-state index in [9.17, 15) is 9.59 Å². The Labute approximate surface area is 116 Å². The second kappa shape index (κ2) is 5.96. The molecule has 0 aromatic carbocycles. The van der Waals surface area contributed by atoms with Crippen molar-refractivity contribution in [1.82, 2.24) is 14.9 Å². The van der Waals surface area contributed by atoms with Crippen molar-refractivity contribution in [3.63, 3.8) is 0 Å². The molecular formula is C13H17N3O4. The first kappa shape index (κ1) is 14.4. The molecule has 7 nitrogen and oxygen atoms in total. The Hall–Kier alpha value is -2.02.